The van der Waals surface area contributed by atoms with Crippen LogP contribution in [0.25, 0.3) is 0 Å². The van der Waals surface area contributed by atoms with Crippen molar-refractivity contribution in [1.29, 1.82) is 0 Å². The van der Waals surface area contributed by atoms with Crippen LogP contribution in [-0.2, 0) is 11.3 Å². The molecule has 1 amide bonds. The van der Waals surface area contributed by atoms with E-state index in [0.717, 1.165) is 11.1 Å². The van der Waals surface area contributed by atoms with Gasteiger partial charge in [0.05, 0.1) is 12.2 Å². The minimum Gasteiger partial charge on any atom is -0.374 e. The van der Waals surface area contributed by atoms with E-state index in [1.165, 1.54) is 12.1 Å². The summed E-state index contributed by atoms with van der Waals surface area (Å²) < 4.78 is 13.6. The molecule has 5 heteroatoms. The number of hydrogen-bond acceptors (Lipinski definition) is 2. The summed E-state index contributed by atoms with van der Waals surface area (Å²) in [6.07, 6.45) is 0. The van der Waals surface area contributed by atoms with Crippen LogP contribution in [0.5, 0.6) is 0 Å². The van der Waals surface area contributed by atoms with Crippen molar-refractivity contribution in [2.24, 2.45) is 0 Å². The lowest BCUT2D eigenvalue weighted by Crippen LogP contribution is -2.32. The number of benzene rings is 2. The van der Waals surface area contributed by atoms with E-state index in [2.05, 4.69) is 5.32 Å². The Kier molecular flexibility index (Phi) is 5.39. The second kappa shape index (κ2) is 7.27. The number of carbonyl (C=O) groups excluding carboxylic acids is 1. The van der Waals surface area contributed by atoms with Crippen LogP contribution in [0.2, 0.25) is 5.02 Å². The summed E-state index contributed by atoms with van der Waals surface area (Å²) in [7, 11) is 1.73. The van der Waals surface area contributed by atoms with Crippen LogP contribution in [-0.4, -0.2) is 24.4 Å². The van der Waals surface area contributed by atoms with Crippen molar-refractivity contribution < 1.29 is 9.18 Å². The molecule has 0 aliphatic rings. The highest BCUT2D eigenvalue weighted by atomic mass is 35.5. The van der Waals surface area contributed by atoms with Gasteiger partial charge in [-0.2, -0.15) is 0 Å². The normalized spacial score (nSPS) is 10.4. The van der Waals surface area contributed by atoms with E-state index < -0.39 is 5.82 Å². The van der Waals surface area contributed by atoms with Gasteiger partial charge >= 0.3 is 0 Å². The SMILES string of the molecule is Cc1ccccc1CN(C)C(=O)CNc1ccc(Cl)cc1F. The van der Waals surface area contributed by atoms with Gasteiger partial charge in [0.15, 0.2) is 0 Å². The number of nitrogens with zero attached hydrogens (tertiary/aromatic N) is 1. The lowest BCUT2D eigenvalue weighted by Gasteiger charge is -2.19. The van der Waals surface area contributed by atoms with E-state index in [1.807, 2.05) is 31.2 Å². The Morgan fingerprint density at radius 2 is 2.00 bits per heavy atom. The number of carbonyl (C=O) groups is 1. The molecule has 22 heavy (non-hydrogen) atoms. The number of nitrogens with one attached hydrogen (secondary N) is 1. The third-order valence-corrected chi connectivity index (χ3v) is 3.69. The van der Waals surface area contributed by atoms with Crippen LogP contribution in [0, 0.1) is 12.7 Å². The summed E-state index contributed by atoms with van der Waals surface area (Å²) >= 11 is 5.69. The molecule has 0 fully saturated rings. The van der Waals surface area contributed by atoms with E-state index in [-0.39, 0.29) is 18.1 Å². The third kappa shape index (κ3) is 4.21. The average molecular weight is 321 g/mol. The molecule has 0 aliphatic heterocycles. The fourth-order valence-corrected chi connectivity index (χ4v) is 2.23. The van der Waals surface area contributed by atoms with Gasteiger partial charge in [0.1, 0.15) is 5.82 Å². The van der Waals surface area contributed by atoms with Gasteiger partial charge in [0.2, 0.25) is 5.91 Å². The first-order valence-electron chi connectivity index (χ1n) is 6.95. The summed E-state index contributed by atoms with van der Waals surface area (Å²) in [5, 5.41) is 3.12. The Balaban J connectivity index is 1.93. The highest BCUT2D eigenvalue weighted by Gasteiger charge is 2.11. The molecule has 2 aromatic carbocycles. The van der Waals surface area contributed by atoms with Crippen molar-refractivity contribution in [3.63, 3.8) is 0 Å². The molecule has 0 atom stereocenters. The Labute approximate surface area is 134 Å². The maximum Gasteiger partial charge on any atom is 0.241 e. The second-order valence-electron chi connectivity index (χ2n) is 5.15. The first kappa shape index (κ1) is 16.3. The molecule has 0 saturated carbocycles. The van der Waals surface area contributed by atoms with Gasteiger partial charge in [-0.1, -0.05) is 35.9 Å². The molecular formula is C17H18ClFN2O. The quantitative estimate of drug-likeness (QED) is 0.907. The predicted molar refractivity (Wildman–Crippen MR) is 87.6 cm³/mol. The lowest BCUT2D eigenvalue weighted by molar-refractivity contribution is -0.128. The summed E-state index contributed by atoms with van der Waals surface area (Å²) in [5.74, 6) is -0.584. The van der Waals surface area contributed by atoms with E-state index in [1.54, 1.807) is 18.0 Å². The molecule has 0 unspecified atom stereocenters. The molecule has 0 spiro atoms. The highest BCUT2D eigenvalue weighted by Crippen LogP contribution is 2.18. The molecular weight excluding hydrogens is 303 g/mol. The zero-order valence-corrected chi connectivity index (χ0v) is 13.3. The van der Waals surface area contributed by atoms with Gasteiger partial charge in [-0.05, 0) is 36.2 Å². The number of rotatable bonds is 5. The minimum absolute atomic E-state index is 0.0287. The van der Waals surface area contributed by atoms with Crippen LogP contribution in [0.1, 0.15) is 11.1 Å². The molecule has 116 valence electrons. The maximum atomic E-state index is 13.6. The predicted octanol–water partition coefficient (Wildman–Crippen LogP) is 3.86. The number of likely N-dealkylation sites (N-methyl/N-ethyl adjacent to an activating group) is 1. The fourth-order valence-electron chi connectivity index (χ4n) is 2.07. The standard InChI is InChI=1S/C17H18ClFN2O/c1-12-5-3-4-6-13(12)11-21(2)17(22)10-20-16-8-7-14(18)9-15(16)19/h3-9,20H,10-11H2,1-2H3. The van der Waals surface area contributed by atoms with Crippen molar-refractivity contribution in [3.8, 4) is 0 Å². The summed E-state index contributed by atoms with van der Waals surface area (Å²) in [6, 6.07) is 12.2. The zero-order chi connectivity index (χ0) is 16.1. The lowest BCUT2D eigenvalue weighted by atomic mass is 10.1. The topological polar surface area (TPSA) is 32.3 Å². The largest absolute Gasteiger partial charge is 0.374 e. The Morgan fingerprint density at radius 1 is 1.27 bits per heavy atom. The monoisotopic (exact) mass is 320 g/mol. The minimum atomic E-state index is -0.471. The molecule has 0 saturated heterocycles. The van der Waals surface area contributed by atoms with Crippen LogP contribution in [0.4, 0.5) is 10.1 Å². The number of anilines is 1. The van der Waals surface area contributed by atoms with Crippen LogP contribution in [0.3, 0.4) is 0 Å². The van der Waals surface area contributed by atoms with Crippen molar-refractivity contribution >= 4 is 23.2 Å². The van der Waals surface area contributed by atoms with E-state index in [4.69, 9.17) is 11.6 Å². The molecule has 0 bridgehead atoms. The van der Waals surface area contributed by atoms with Crippen molar-refractivity contribution in [1.82, 2.24) is 4.90 Å². The number of hydrogen-bond donors (Lipinski definition) is 1. The van der Waals surface area contributed by atoms with Gasteiger partial charge in [-0.3, -0.25) is 4.79 Å². The molecule has 0 heterocycles. The highest BCUT2D eigenvalue weighted by molar-refractivity contribution is 6.30. The second-order valence-corrected chi connectivity index (χ2v) is 5.59. The fraction of sp³-hybridized carbons (Fsp3) is 0.235. The van der Waals surface area contributed by atoms with E-state index in [0.29, 0.717) is 11.6 Å². The summed E-state index contributed by atoms with van der Waals surface area (Å²) in [4.78, 5) is 13.7. The van der Waals surface area contributed by atoms with Crippen molar-refractivity contribution in [3.05, 3.63) is 64.4 Å². The molecule has 0 radical (unpaired) electrons. The zero-order valence-electron chi connectivity index (χ0n) is 12.6. The summed E-state index contributed by atoms with van der Waals surface area (Å²) in [6.45, 7) is 2.56. The molecule has 0 aromatic heterocycles. The molecule has 0 aliphatic carbocycles. The van der Waals surface area contributed by atoms with Gasteiger partial charge < -0.3 is 10.2 Å². The van der Waals surface area contributed by atoms with Crippen molar-refractivity contribution in [2.75, 3.05) is 18.9 Å². The Morgan fingerprint density at radius 3 is 2.68 bits per heavy atom. The van der Waals surface area contributed by atoms with Gasteiger partial charge in [0.25, 0.3) is 0 Å². The number of aryl methyl sites for hydroxylation is 1. The van der Waals surface area contributed by atoms with Crippen LogP contribution in [0.15, 0.2) is 42.5 Å². The van der Waals surface area contributed by atoms with Crippen LogP contribution < -0.4 is 5.32 Å². The number of amides is 1. The van der Waals surface area contributed by atoms with Gasteiger partial charge in [-0.25, -0.2) is 4.39 Å². The Hall–Kier alpha value is -2.07. The summed E-state index contributed by atoms with van der Waals surface area (Å²) in [5.41, 5.74) is 2.50. The first-order chi connectivity index (χ1) is 10.5. The first-order valence-corrected chi connectivity index (χ1v) is 7.32. The van der Waals surface area contributed by atoms with Gasteiger partial charge in [-0.15, -0.1) is 0 Å². The number of halogens is 2. The Bertz CT molecular complexity index is 675. The third-order valence-electron chi connectivity index (χ3n) is 3.46. The molecule has 3 nitrogen and oxygen atoms in total. The van der Waals surface area contributed by atoms with E-state index >= 15 is 0 Å². The maximum absolute atomic E-state index is 13.6. The average Bonchev–Trinajstić information content (AvgIpc) is 2.48. The molecule has 2 aromatic rings. The smallest absolute Gasteiger partial charge is 0.241 e. The van der Waals surface area contributed by atoms with Crippen LogP contribution >= 0.6 is 11.6 Å². The molecule has 1 N–H and O–H groups in total. The van der Waals surface area contributed by atoms with Crippen molar-refractivity contribution in [2.45, 2.75) is 13.5 Å². The van der Waals surface area contributed by atoms with Gasteiger partial charge in [0, 0.05) is 18.6 Å². The molecule has 2 rings (SSSR count). The van der Waals surface area contributed by atoms with E-state index in [9.17, 15) is 9.18 Å².